The van der Waals surface area contributed by atoms with Crippen LogP contribution in [-0.4, -0.2) is 21.6 Å². The Balaban J connectivity index is 2.63. The molecular formula is C11H13N3O. The predicted molar refractivity (Wildman–Crippen MR) is 58.7 cm³/mol. The molecule has 0 aliphatic rings. The summed E-state index contributed by atoms with van der Waals surface area (Å²) in [5, 5.41) is 10.3. The van der Waals surface area contributed by atoms with E-state index in [4.69, 9.17) is 5.73 Å². The lowest BCUT2D eigenvalue weighted by atomic mass is 10.2. The predicted octanol–water partition coefficient (Wildman–Crippen LogP) is 1.15. The molecule has 0 saturated carbocycles. The van der Waals surface area contributed by atoms with Crippen molar-refractivity contribution < 1.29 is 5.11 Å². The molecule has 78 valence electrons. The third-order valence-corrected chi connectivity index (χ3v) is 2.29. The zero-order chi connectivity index (χ0) is 10.8. The van der Waals surface area contributed by atoms with Gasteiger partial charge in [-0.3, -0.25) is 0 Å². The SMILES string of the molecule is Cc1nc(CCN)nc2cc(O)ccc12. The molecule has 0 radical (unpaired) electrons. The van der Waals surface area contributed by atoms with Crippen molar-refractivity contribution in [3.8, 4) is 5.75 Å². The summed E-state index contributed by atoms with van der Waals surface area (Å²) in [6.07, 6.45) is 0.659. The third kappa shape index (κ3) is 1.89. The highest BCUT2D eigenvalue weighted by molar-refractivity contribution is 5.82. The van der Waals surface area contributed by atoms with Gasteiger partial charge in [0.15, 0.2) is 0 Å². The van der Waals surface area contributed by atoms with Crippen LogP contribution in [0.2, 0.25) is 0 Å². The highest BCUT2D eigenvalue weighted by Gasteiger charge is 2.04. The number of aromatic nitrogens is 2. The van der Waals surface area contributed by atoms with Crippen LogP contribution in [0.1, 0.15) is 11.5 Å². The molecular weight excluding hydrogens is 190 g/mol. The van der Waals surface area contributed by atoms with Crippen molar-refractivity contribution in [2.45, 2.75) is 13.3 Å². The molecule has 1 heterocycles. The maximum absolute atomic E-state index is 9.36. The molecule has 0 atom stereocenters. The Labute approximate surface area is 87.8 Å². The summed E-state index contributed by atoms with van der Waals surface area (Å²) in [6.45, 7) is 2.46. The number of fused-ring (bicyclic) bond motifs is 1. The fourth-order valence-electron chi connectivity index (χ4n) is 1.58. The molecule has 4 heteroatoms. The second-order valence-electron chi connectivity index (χ2n) is 3.47. The molecule has 3 N–H and O–H groups in total. The van der Waals surface area contributed by atoms with Gasteiger partial charge in [0.05, 0.1) is 5.52 Å². The monoisotopic (exact) mass is 203 g/mol. The zero-order valence-electron chi connectivity index (χ0n) is 8.57. The summed E-state index contributed by atoms with van der Waals surface area (Å²) < 4.78 is 0. The van der Waals surface area contributed by atoms with Crippen molar-refractivity contribution in [3.05, 3.63) is 29.7 Å². The van der Waals surface area contributed by atoms with Crippen LogP contribution in [0.5, 0.6) is 5.75 Å². The smallest absolute Gasteiger partial charge is 0.130 e. The molecule has 1 aromatic carbocycles. The number of aromatic hydroxyl groups is 1. The number of hydrogen-bond donors (Lipinski definition) is 2. The van der Waals surface area contributed by atoms with Crippen molar-refractivity contribution in [2.75, 3.05) is 6.54 Å². The van der Waals surface area contributed by atoms with Gasteiger partial charge in [0.2, 0.25) is 0 Å². The molecule has 0 aliphatic carbocycles. The summed E-state index contributed by atoms with van der Waals surface area (Å²) in [4.78, 5) is 8.68. The molecule has 0 bridgehead atoms. The van der Waals surface area contributed by atoms with E-state index in [-0.39, 0.29) is 5.75 Å². The summed E-state index contributed by atoms with van der Waals surface area (Å²) in [7, 11) is 0. The topological polar surface area (TPSA) is 72.0 Å². The van der Waals surface area contributed by atoms with Crippen molar-refractivity contribution in [1.29, 1.82) is 0 Å². The Morgan fingerprint density at radius 2 is 2.13 bits per heavy atom. The fraction of sp³-hybridized carbons (Fsp3) is 0.273. The fourth-order valence-corrected chi connectivity index (χ4v) is 1.58. The Kier molecular flexibility index (Phi) is 2.51. The Hall–Kier alpha value is -1.68. The van der Waals surface area contributed by atoms with Crippen LogP contribution in [0, 0.1) is 6.92 Å². The van der Waals surface area contributed by atoms with E-state index >= 15 is 0 Å². The van der Waals surface area contributed by atoms with E-state index in [1.807, 2.05) is 13.0 Å². The van der Waals surface area contributed by atoms with Crippen LogP contribution in [0.3, 0.4) is 0 Å². The Morgan fingerprint density at radius 1 is 1.33 bits per heavy atom. The highest BCUT2D eigenvalue weighted by Crippen LogP contribution is 2.20. The van der Waals surface area contributed by atoms with E-state index < -0.39 is 0 Å². The van der Waals surface area contributed by atoms with E-state index in [0.29, 0.717) is 13.0 Å². The summed E-state index contributed by atoms with van der Waals surface area (Å²) in [5.41, 5.74) is 7.14. The molecule has 0 saturated heterocycles. The summed E-state index contributed by atoms with van der Waals surface area (Å²) >= 11 is 0. The van der Waals surface area contributed by atoms with E-state index in [9.17, 15) is 5.11 Å². The standard InChI is InChI=1S/C11H13N3O/c1-7-9-3-2-8(15)6-10(9)14-11(13-7)4-5-12/h2-3,6,15H,4-5,12H2,1H3. The van der Waals surface area contributed by atoms with Crippen LogP contribution in [0.15, 0.2) is 18.2 Å². The number of phenolic OH excluding ortho intramolecular Hbond substituents is 1. The summed E-state index contributed by atoms with van der Waals surface area (Å²) in [5.74, 6) is 0.951. The van der Waals surface area contributed by atoms with Gasteiger partial charge in [-0.05, 0) is 25.6 Å². The van der Waals surface area contributed by atoms with Crippen molar-refractivity contribution in [3.63, 3.8) is 0 Å². The molecule has 2 rings (SSSR count). The van der Waals surface area contributed by atoms with E-state index in [2.05, 4.69) is 9.97 Å². The van der Waals surface area contributed by atoms with Gasteiger partial charge in [-0.15, -0.1) is 0 Å². The minimum absolute atomic E-state index is 0.222. The average molecular weight is 203 g/mol. The first kappa shape index (κ1) is 9.86. The lowest BCUT2D eigenvalue weighted by Gasteiger charge is -2.04. The molecule has 0 unspecified atom stereocenters. The Bertz CT molecular complexity index is 496. The van der Waals surface area contributed by atoms with Gasteiger partial charge in [-0.25, -0.2) is 9.97 Å². The maximum atomic E-state index is 9.36. The molecule has 0 amide bonds. The first-order valence-electron chi connectivity index (χ1n) is 4.87. The summed E-state index contributed by atoms with van der Waals surface area (Å²) in [6, 6.07) is 5.11. The van der Waals surface area contributed by atoms with Gasteiger partial charge in [-0.2, -0.15) is 0 Å². The second-order valence-corrected chi connectivity index (χ2v) is 3.47. The van der Waals surface area contributed by atoms with Crippen molar-refractivity contribution in [2.24, 2.45) is 5.73 Å². The number of nitrogens with zero attached hydrogens (tertiary/aromatic N) is 2. The first-order valence-corrected chi connectivity index (χ1v) is 4.87. The van der Waals surface area contributed by atoms with Crippen LogP contribution in [0.4, 0.5) is 0 Å². The first-order chi connectivity index (χ1) is 7.20. The normalized spacial score (nSPS) is 10.8. The molecule has 0 fully saturated rings. The average Bonchev–Trinajstić information content (AvgIpc) is 2.17. The molecule has 4 nitrogen and oxygen atoms in total. The largest absolute Gasteiger partial charge is 0.508 e. The molecule has 0 aliphatic heterocycles. The number of rotatable bonds is 2. The number of nitrogens with two attached hydrogens (primary N) is 1. The molecule has 0 spiro atoms. The number of phenols is 1. The Morgan fingerprint density at radius 3 is 2.87 bits per heavy atom. The van der Waals surface area contributed by atoms with Gasteiger partial charge >= 0.3 is 0 Å². The quantitative estimate of drug-likeness (QED) is 0.767. The third-order valence-electron chi connectivity index (χ3n) is 2.29. The van der Waals surface area contributed by atoms with E-state index in [1.165, 1.54) is 0 Å². The number of benzene rings is 1. The van der Waals surface area contributed by atoms with Gasteiger partial charge in [0, 0.05) is 23.6 Å². The number of hydrogen-bond acceptors (Lipinski definition) is 4. The van der Waals surface area contributed by atoms with Crippen molar-refractivity contribution >= 4 is 10.9 Å². The molecule has 15 heavy (non-hydrogen) atoms. The van der Waals surface area contributed by atoms with Crippen LogP contribution >= 0.6 is 0 Å². The van der Waals surface area contributed by atoms with Crippen LogP contribution in [0.25, 0.3) is 10.9 Å². The highest BCUT2D eigenvalue weighted by atomic mass is 16.3. The van der Waals surface area contributed by atoms with Crippen molar-refractivity contribution in [1.82, 2.24) is 9.97 Å². The van der Waals surface area contributed by atoms with E-state index in [1.54, 1.807) is 12.1 Å². The van der Waals surface area contributed by atoms with E-state index in [0.717, 1.165) is 22.4 Å². The molecule has 2 aromatic rings. The van der Waals surface area contributed by atoms with Gasteiger partial charge in [0.25, 0.3) is 0 Å². The number of aryl methyl sites for hydroxylation is 1. The zero-order valence-corrected chi connectivity index (χ0v) is 8.57. The lowest BCUT2D eigenvalue weighted by Crippen LogP contribution is -2.07. The minimum atomic E-state index is 0.222. The minimum Gasteiger partial charge on any atom is -0.508 e. The molecule has 1 aromatic heterocycles. The maximum Gasteiger partial charge on any atom is 0.130 e. The lowest BCUT2D eigenvalue weighted by molar-refractivity contribution is 0.476. The van der Waals surface area contributed by atoms with Gasteiger partial charge < -0.3 is 10.8 Å². The van der Waals surface area contributed by atoms with Gasteiger partial charge in [-0.1, -0.05) is 0 Å². The second kappa shape index (κ2) is 3.82. The van der Waals surface area contributed by atoms with Crippen LogP contribution in [-0.2, 0) is 6.42 Å². The van der Waals surface area contributed by atoms with Crippen LogP contribution < -0.4 is 5.73 Å². The van der Waals surface area contributed by atoms with Gasteiger partial charge in [0.1, 0.15) is 11.6 Å².